The molecule has 4 heterocycles. The minimum atomic E-state index is -4.43. The SMILES string of the molecule is CC(n1ncnc1-c1nc2c(s1)CCOc1cc(-c3cn[nH]c3)ccc1-2)C(F)(F)F. The standard InChI is InChI=1S/C19H15F3N6OS/c1-10(19(20,21)22)28-17(23-9-26-28)18-27-16-13-3-2-11(12-7-24-25-8-12)6-14(13)29-5-4-15(16)30-18/h2-3,6-10H,4-5H2,1H3,(H,24,25). The van der Waals surface area contributed by atoms with Crippen LogP contribution in [-0.4, -0.2) is 42.7 Å². The average molecular weight is 432 g/mol. The van der Waals surface area contributed by atoms with Crippen molar-refractivity contribution in [2.24, 2.45) is 0 Å². The maximum Gasteiger partial charge on any atom is 0.410 e. The smallest absolute Gasteiger partial charge is 0.410 e. The fourth-order valence-electron chi connectivity index (χ4n) is 3.33. The summed E-state index contributed by atoms with van der Waals surface area (Å²) in [5.74, 6) is 0.782. The van der Waals surface area contributed by atoms with E-state index in [1.165, 1.54) is 11.3 Å². The molecule has 1 N–H and O–H groups in total. The Bertz CT molecular complexity index is 1200. The molecule has 154 valence electrons. The third-order valence-electron chi connectivity index (χ3n) is 4.96. The van der Waals surface area contributed by atoms with Crippen molar-refractivity contribution in [3.63, 3.8) is 0 Å². The number of hydrogen-bond acceptors (Lipinski definition) is 6. The monoisotopic (exact) mass is 432 g/mol. The quantitative estimate of drug-likeness (QED) is 0.515. The van der Waals surface area contributed by atoms with E-state index < -0.39 is 12.2 Å². The van der Waals surface area contributed by atoms with Gasteiger partial charge < -0.3 is 4.74 Å². The van der Waals surface area contributed by atoms with Crippen molar-refractivity contribution in [1.82, 2.24) is 29.9 Å². The third kappa shape index (κ3) is 3.15. The van der Waals surface area contributed by atoms with E-state index in [-0.39, 0.29) is 5.82 Å². The first-order valence-electron chi connectivity index (χ1n) is 9.14. The number of rotatable bonds is 3. The second kappa shape index (κ2) is 6.94. The lowest BCUT2D eigenvalue weighted by Gasteiger charge is -2.16. The Morgan fingerprint density at radius 2 is 2.13 bits per heavy atom. The number of thiazole rings is 1. The van der Waals surface area contributed by atoms with Crippen molar-refractivity contribution >= 4 is 11.3 Å². The summed E-state index contributed by atoms with van der Waals surface area (Å²) < 4.78 is 46.4. The molecule has 4 aromatic rings. The Morgan fingerprint density at radius 1 is 1.27 bits per heavy atom. The Morgan fingerprint density at radius 3 is 2.90 bits per heavy atom. The number of fused-ring (bicyclic) bond motifs is 3. The van der Waals surface area contributed by atoms with E-state index in [0.717, 1.165) is 39.5 Å². The summed E-state index contributed by atoms with van der Waals surface area (Å²) in [6.07, 6.45) is 0.809. The third-order valence-corrected chi connectivity index (χ3v) is 6.07. The van der Waals surface area contributed by atoms with Crippen LogP contribution in [0.4, 0.5) is 13.2 Å². The minimum absolute atomic E-state index is 0.107. The molecule has 5 rings (SSSR count). The van der Waals surface area contributed by atoms with Gasteiger partial charge in [0.1, 0.15) is 18.1 Å². The van der Waals surface area contributed by atoms with Crippen LogP contribution in [0.5, 0.6) is 5.75 Å². The normalized spacial score (nSPS) is 14.5. The van der Waals surface area contributed by atoms with Crippen molar-refractivity contribution < 1.29 is 17.9 Å². The maximum absolute atomic E-state index is 13.2. The van der Waals surface area contributed by atoms with E-state index in [2.05, 4.69) is 25.3 Å². The van der Waals surface area contributed by atoms with Crippen LogP contribution in [-0.2, 0) is 6.42 Å². The fourth-order valence-corrected chi connectivity index (χ4v) is 4.38. The minimum Gasteiger partial charge on any atom is -0.492 e. The first-order valence-corrected chi connectivity index (χ1v) is 9.96. The summed E-state index contributed by atoms with van der Waals surface area (Å²) in [5, 5.41) is 10.9. The van der Waals surface area contributed by atoms with Crippen LogP contribution in [0.1, 0.15) is 17.8 Å². The Hall–Kier alpha value is -3.21. The summed E-state index contributed by atoms with van der Waals surface area (Å²) in [6, 6.07) is 3.97. The largest absolute Gasteiger partial charge is 0.492 e. The maximum atomic E-state index is 13.2. The van der Waals surface area contributed by atoms with Crippen molar-refractivity contribution in [3.05, 3.63) is 41.8 Å². The molecule has 1 aromatic carbocycles. The van der Waals surface area contributed by atoms with Crippen molar-refractivity contribution in [1.29, 1.82) is 0 Å². The van der Waals surface area contributed by atoms with Crippen LogP contribution in [0.15, 0.2) is 36.9 Å². The molecule has 11 heteroatoms. The van der Waals surface area contributed by atoms with Gasteiger partial charge in [0, 0.05) is 28.6 Å². The van der Waals surface area contributed by atoms with Crippen molar-refractivity contribution in [2.45, 2.75) is 25.6 Å². The number of aromatic nitrogens is 6. The molecule has 0 amide bonds. The second-order valence-corrected chi connectivity index (χ2v) is 7.92. The predicted octanol–water partition coefficient (Wildman–Crippen LogP) is 4.52. The Balaban J connectivity index is 1.57. The summed E-state index contributed by atoms with van der Waals surface area (Å²) in [7, 11) is 0. The van der Waals surface area contributed by atoms with Crippen molar-refractivity contribution in [2.75, 3.05) is 6.61 Å². The van der Waals surface area contributed by atoms with Crippen LogP contribution >= 0.6 is 11.3 Å². The van der Waals surface area contributed by atoms with Gasteiger partial charge in [0.05, 0.1) is 18.5 Å². The van der Waals surface area contributed by atoms with Gasteiger partial charge in [0.15, 0.2) is 10.8 Å². The zero-order chi connectivity index (χ0) is 20.9. The molecule has 0 bridgehead atoms. The highest BCUT2D eigenvalue weighted by Gasteiger charge is 2.40. The number of halogens is 3. The molecule has 0 radical (unpaired) electrons. The van der Waals surface area contributed by atoms with Crippen LogP contribution < -0.4 is 4.74 Å². The second-order valence-electron chi connectivity index (χ2n) is 6.83. The molecule has 1 atom stereocenters. The number of aromatic amines is 1. The highest BCUT2D eigenvalue weighted by molar-refractivity contribution is 7.15. The summed E-state index contributed by atoms with van der Waals surface area (Å²) in [6.45, 7) is 1.50. The van der Waals surface area contributed by atoms with Gasteiger partial charge in [-0.3, -0.25) is 5.10 Å². The first kappa shape index (κ1) is 18.8. The first-order chi connectivity index (χ1) is 14.4. The lowest BCUT2D eigenvalue weighted by Crippen LogP contribution is -2.25. The molecule has 7 nitrogen and oxygen atoms in total. The predicted molar refractivity (Wildman–Crippen MR) is 104 cm³/mol. The topological polar surface area (TPSA) is 81.5 Å². The van der Waals surface area contributed by atoms with Crippen LogP contribution in [0, 0.1) is 0 Å². The number of ether oxygens (including phenoxy) is 1. The van der Waals surface area contributed by atoms with E-state index in [0.29, 0.717) is 29.5 Å². The van der Waals surface area contributed by atoms with E-state index in [9.17, 15) is 13.2 Å². The molecule has 0 aliphatic carbocycles. The lowest BCUT2D eigenvalue weighted by atomic mass is 10.0. The number of alkyl halides is 3. The van der Waals surface area contributed by atoms with Crippen LogP contribution in [0.25, 0.3) is 33.2 Å². The fraction of sp³-hybridized carbons (Fsp3) is 0.263. The van der Waals surface area contributed by atoms with Gasteiger partial charge in [-0.1, -0.05) is 6.07 Å². The molecule has 0 saturated carbocycles. The molecule has 0 spiro atoms. The molecule has 3 aromatic heterocycles. The van der Waals surface area contributed by atoms with E-state index in [1.54, 1.807) is 12.4 Å². The van der Waals surface area contributed by atoms with Crippen LogP contribution in [0.2, 0.25) is 0 Å². The molecule has 1 unspecified atom stereocenters. The van der Waals surface area contributed by atoms with Gasteiger partial charge in [0.2, 0.25) is 0 Å². The van der Waals surface area contributed by atoms with Crippen LogP contribution in [0.3, 0.4) is 0 Å². The molecule has 30 heavy (non-hydrogen) atoms. The number of hydrogen-bond donors (Lipinski definition) is 1. The van der Waals surface area contributed by atoms with Gasteiger partial charge in [0.25, 0.3) is 0 Å². The summed E-state index contributed by atoms with van der Waals surface area (Å²) in [5.41, 5.74) is 3.38. The molecule has 0 fully saturated rings. The lowest BCUT2D eigenvalue weighted by molar-refractivity contribution is -0.165. The van der Waals surface area contributed by atoms with Crippen molar-refractivity contribution in [3.8, 4) is 39.0 Å². The molecular formula is C19H15F3N6OS. The zero-order valence-electron chi connectivity index (χ0n) is 15.6. The van der Waals surface area contributed by atoms with E-state index in [1.807, 2.05) is 18.2 Å². The number of H-pyrrole nitrogens is 1. The van der Waals surface area contributed by atoms with Gasteiger partial charge in [-0.15, -0.1) is 11.3 Å². The summed E-state index contributed by atoms with van der Waals surface area (Å²) in [4.78, 5) is 9.63. The van der Waals surface area contributed by atoms with Gasteiger partial charge in [-0.05, 0) is 24.6 Å². The Labute approximate surface area is 172 Å². The van der Waals surface area contributed by atoms with Gasteiger partial charge >= 0.3 is 6.18 Å². The highest BCUT2D eigenvalue weighted by Crippen LogP contribution is 2.42. The Kier molecular flexibility index (Phi) is 4.35. The molecular weight excluding hydrogens is 417 g/mol. The number of nitrogens with one attached hydrogen (secondary N) is 1. The molecule has 1 aliphatic rings. The average Bonchev–Trinajstić information content (AvgIpc) is 3.45. The molecule has 1 aliphatic heterocycles. The summed E-state index contributed by atoms with van der Waals surface area (Å²) >= 11 is 1.32. The van der Waals surface area contributed by atoms with Gasteiger partial charge in [-0.2, -0.15) is 23.4 Å². The van der Waals surface area contributed by atoms with E-state index >= 15 is 0 Å². The van der Waals surface area contributed by atoms with Gasteiger partial charge in [-0.25, -0.2) is 14.6 Å². The van der Waals surface area contributed by atoms with E-state index in [4.69, 9.17) is 4.74 Å². The highest BCUT2D eigenvalue weighted by atomic mass is 32.1. The zero-order valence-corrected chi connectivity index (χ0v) is 16.5. The molecule has 0 saturated heterocycles. The number of nitrogens with zero attached hydrogens (tertiary/aromatic N) is 5. The number of benzene rings is 1.